The molecule has 0 aliphatic carbocycles. The van der Waals surface area contributed by atoms with Crippen molar-refractivity contribution < 1.29 is 17.9 Å². The van der Waals surface area contributed by atoms with Gasteiger partial charge in [-0.2, -0.15) is 4.31 Å². The van der Waals surface area contributed by atoms with E-state index in [2.05, 4.69) is 4.90 Å². The molecule has 0 amide bonds. The SMILES string of the molecule is COc1ccc(N2CCN(S(=O)(=O)Cc3ccccc3C)CC2)cc1OC. The molecule has 0 radical (unpaired) electrons. The number of sulfonamides is 1. The minimum atomic E-state index is -3.33. The van der Waals surface area contributed by atoms with E-state index in [0.29, 0.717) is 37.7 Å². The molecule has 6 nitrogen and oxygen atoms in total. The van der Waals surface area contributed by atoms with Crippen LogP contribution in [0, 0.1) is 6.92 Å². The average molecular weight is 391 g/mol. The second kappa shape index (κ2) is 8.19. The lowest BCUT2D eigenvalue weighted by Gasteiger charge is -2.35. The third kappa shape index (κ3) is 4.36. The van der Waals surface area contributed by atoms with Crippen LogP contribution in [0.4, 0.5) is 5.69 Å². The predicted octanol–water partition coefficient (Wildman–Crippen LogP) is 2.66. The Labute approximate surface area is 161 Å². The van der Waals surface area contributed by atoms with Gasteiger partial charge >= 0.3 is 0 Å². The molecule has 0 aromatic heterocycles. The Hall–Kier alpha value is -2.25. The van der Waals surface area contributed by atoms with Crippen molar-refractivity contribution >= 4 is 15.7 Å². The van der Waals surface area contributed by atoms with Crippen LogP contribution in [0.5, 0.6) is 11.5 Å². The monoisotopic (exact) mass is 390 g/mol. The van der Waals surface area contributed by atoms with Gasteiger partial charge in [0.15, 0.2) is 11.5 Å². The number of hydrogen-bond donors (Lipinski definition) is 0. The van der Waals surface area contributed by atoms with Crippen LogP contribution < -0.4 is 14.4 Å². The molecule has 1 aliphatic rings. The summed E-state index contributed by atoms with van der Waals surface area (Å²) < 4.78 is 37.8. The number of methoxy groups -OCH3 is 2. The van der Waals surface area contributed by atoms with Crippen LogP contribution >= 0.6 is 0 Å². The second-order valence-electron chi connectivity index (χ2n) is 6.61. The summed E-state index contributed by atoms with van der Waals surface area (Å²) in [6.45, 7) is 4.18. The zero-order valence-electron chi connectivity index (χ0n) is 16.0. The maximum absolute atomic E-state index is 12.8. The number of aryl methyl sites for hydroxylation is 1. The van der Waals surface area contributed by atoms with E-state index in [1.165, 1.54) is 0 Å². The average Bonchev–Trinajstić information content (AvgIpc) is 2.69. The van der Waals surface area contributed by atoms with E-state index in [4.69, 9.17) is 9.47 Å². The zero-order valence-corrected chi connectivity index (χ0v) is 16.8. The molecular formula is C20H26N2O4S. The van der Waals surface area contributed by atoms with Crippen molar-refractivity contribution in [1.29, 1.82) is 0 Å². The van der Waals surface area contributed by atoms with Crippen molar-refractivity contribution in [1.82, 2.24) is 4.31 Å². The Morgan fingerprint density at radius 1 is 0.926 bits per heavy atom. The predicted molar refractivity (Wildman–Crippen MR) is 107 cm³/mol. The highest BCUT2D eigenvalue weighted by Gasteiger charge is 2.27. The number of nitrogens with zero attached hydrogens (tertiary/aromatic N) is 2. The second-order valence-corrected chi connectivity index (χ2v) is 8.58. The standard InChI is InChI=1S/C20H26N2O4S/c1-16-6-4-5-7-17(16)15-27(23,24)22-12-10-21(11-13-22)18-8-9-19(25-2)20(14-18)26-3/h4-9,14H,10-13,15H2,1-3H3. The molecule has 1 aliphatic heterocycles. The van der Waals surface area contributed by atoms with E-state index in [1.54, 1.807) is 18.5 Å². The number of benzene rings is 2. The van der Waals surface area contributed by atoms with Gasteiger partial charge in [0.25, 0.3) is 0 Å². The summed E-state index contributed by atoms with van der Waals surface area (Å²) in [5, 5.41) is 0. The van der Waals surface area contributed by atoms with Gasteiger partial charge in [0, 0.05) is 37.9 Å². The summed E-state index contributed by atoms with van der Waals surface area (Å²) in [5.41, 5.74) is 2.87. The van der Waals surface area contributed by atoms with E-state index < -0.39 is 10.0 Å². The first-order valence-corrected chi connectivity index (χ1v) is 10.5. The maximum atomic E-state index is 12.8. The Balaban J connectivity index is 1.67. The van der Waals surface area contributed by atoms with Gasteiger partial charge in [-0.15, -0.1) is 0 Å². The fourth-order valence-corrected chi connectivity index (χ4v) is 4.93. The molecule has 2 aromatic carbocycles. The smallest absolute Gasteiger partial charge is 0.218 e. The Bertz CT molecular complexity index is 891. The third-order valence-electron chi connectivity index (χ3n) is 4.96. The number of piperazine rings is 1. The highest BCUT2D eigenvalue weighted by Crippen LogP contribution is 2.32. The lowest BCUT2D eigenvalue weighted by Crippen LogP contribution is -2.49. The van der Waals surface area contributed by atoms with Crippen molar-refractivity contribution in [3.8, 4) is 11.5 Å². The van der Waals surface area contributed by atoms with E-state index in [0.717, 1.165) is 16.8 Å². The van der Waals surface area contributed by atoms with Crippen molar-refractivity contribution in [2.45, 2.75) is 12.7 Å². The summed E-state index contributed by atoms with van der Waals surface area (Å²) in [6, 6.07) is 13.4. The molecule has 0 N–H and O–H groups in total. The lowest BCUT2D eigenvalue weighted by molar-refractivity contribution is 0.354. The van der Waals surface area contributed by atoms with Gasteiger partial charge in [0.1, 0.15) is 0 Å². The highest BCUT2D eigenvalue weighted by molar-refractivity contribution is 7.88. The van der Waals surface area contributed by atoms with Gasteiger partial charge in [-0.25, -0.2) is 8.42 Å². The van der Waals surface area contributed by atoms with Crippen LogP contribution in [0.3, 0.4) is 0 Å². The molecule has 7 heteroatoms. The molecule has 0 bridgehead atoms. The van der Waals surface area contributed by atoms with Crippen LogP contribution in [0.1, 0.15) is 11.1 Å². The minimum Gasteiger partial charge on any atom is -0.493 e. The molecule has 146 valence electrons. The quantitative estimate of drug-likeness (QED) is 0.759. The first kappa shape index (κ1) is 19.5. The Morgan fingerprint density at radius 2 is 1.59 bits per heavy atom. The molecule has 1 saturated heterocycles. The summed E-state index contributed by atoms with van der Waals surface area (Å²) >= 11 is 0. The number of anilines is 1. The fourth-order valence-electron chi connectivity index (χ4n) is 3.31. The van der Waals surface area contributed by atoms with Gasteiger partial charge in [-0.3, -0.25) is 0 Å². The third-order valence-corrected chi connectivity index (χ3v) is 6.79. The van der Waals surface area contributed by atoms with Crippen molar-refractivity contribution in [2.24, 2.45) is 0 Å². The van der Waals surface area contributed by atoms with Crippen molar-refractivity contribution in [3.63, 3.8) is 0 Å². The van der Waals surface area contributed by atoms with Gasteiger partial charge in [-0.1, -0.05) is 24.3 Å². The van der Waals surface area contributed by atoms with E-state index in [9.17, 15) is 8.42 Å². The lowest BCUT2D eigenvalue weighted by atomic mass is 10.1. The van der Waals surface area contributed by atoms with Crippen molar-refractivity contribution in [3.05, 3.63) is 53.6 Å². The Kier molecular flexibility index (Phi) is 5.92. The number of hydrogen-bond acceptors (Lipinski definition) is 5. The molecule has 1 fully saturated rings. The highest BCUT2D eigenvalue weighted by atomic mass is 32.2. The number of ether oxygens (including phenoxy) is 2. The van der Waals surface area contributed by atoms with E-state index >= 15 is 0 Å². The molecule has 2 aromatic rings. The number of rotatable bonds is 6. The molecule has 0 spiro atoms. The van der Waals surface area contributed by atoms with E-state index in [1.807, 2.05) is 49.4 Å². The molecule has 27 heavy (non-hydrogen) atoms. The first-order valence-electron chi connectivity index (χ1n) is 8.94. The topological polar surface area (TPSA) is 59.1 Å². The zero-order chi connectivity index (χ0) is 19.4. The molecular weight excluding hydrogens is 364 g/mol. The van der Waals surface area contributed by atoms with E-state index in [-0.39, 0.29) is 5.75 Å². The summed E-state index contributed by atoms with van der Waals surface area (Å²) in [6.07, 6.45) is 0. The van der Waals surface area contributed by atoms with Crippen LogP contribution in [0.15, 0.2) is 42.5 Å². The van der Waals surface area contributed by atoms with Crippen LogP contribution in [0.2, 0.25) is 0 Å². The maximum Gasteiger partial charge on any atom is 0.218 e. The van der Waals surface area contributed by atoms with Crippen LogP contribution in [-0.4, -0.2) is 53.1 Å². The first-order chi connectivity index (χ1) is 12.9. The van der Waals surface area contributed by atoms with Gasteiger partial charge in [0.05, 0.1) is 20.0 Å². The minimum absolute atomic E-state index is 0.0516. The van der Waals surface area contributed by atoms with Gasteiger partial charge in [0.2, 0.25) is 10.0 Å². The largest absolute Gasteiger partial charge is 0.493 e. The molecule has 3 rings (SSSR count). The summed E-state index contributed by atoms with van der Waals surface area (Å²) in [5.74, 6) is 1.40. The van der Waals surface area contributed by atoms with Gasteiger partial charge in [-0.05, 0) is 30.2 Å². The Morgan fingerprint density at radius 3 is 2.22 bits per heavy atom. The van der Waals surface area contributed by atoms with Gasteiger partial charge < -0.3 is 14.4 Å². The molecule has 0 saturated carbocycles. The molecule has 1 heterocycles. The van der Waals surface area contributed by atoms with Crippen LogP contribution in [0.25, 0.3) is 0 Å². The molecule has 0 unspecified atom stereocenters. The van der Waals surface area contributed by atoms with Crippen LogP contribution in [-0.2, 0) is 15.8 Å². The molecule has 0 atom stereocenters. The summed E-state index contributed by atoms with van der Waals surface area (Å²) in [7, 11) is -0.110. The van der Waals surface area contributed by atoms with Crippen molar-refractivity contribution in [2.75, 3.05) is 45.3 Å². The fraction of sp³-hybridized carbons (Fsp3) is 0.400. The normalized spacial score (nSPS) is 15.6. The summed E-state index contributed by atoms with van der Waals surface area (Å²) in [4.78, 5) is 2.17.